The molecule has 4 heteroatoms. The van der Waals surface area contributed by atoms with Crippen molar-refractivity contribution in [1.29, 1.82) is 0 Å². The van der Waals surface area contributed by atoms with Gasteiger partial charge in [-0.3, -0.25) is 0 Å². The van der Waals surface area contributed by atoms with Gasteiger partial charge in [-0.25, -0.2) is 8.78 Å². The molecule has 0 heterocycles. The average molecular weight is 284 g/mol. The van der Waals surface area contributed by atoms with E-state index in [1.165, 1.54) is 0 Å². The molecule has 0 amide bonds. The van der Waals surface area contributed by atoms with E-state index in [0.29, 0.717) is 5.56 Å². The van der Waals surface area contributed by atoms with Gasteiger partial charge in [0.05, 0.1) is 6.42 Å². The lowest BCUT2D eigenvalue weighted by Crippen LogP contribution is -2.45. The van der Waals surface area contributed by atoms with E-state index >= 15 is 0 Å². The molecule has 0 spiro atoms. The van der Waals surface area contributed by atoms with Gasteiger partial charge >= 0.3 is 0 Å². The van der Waals surface area contributed by atoms with E-state index in [4.69, 9.17) is 4.43 Å². The van der Waals surface area contributed by atoms with Gasteiger partial charge in [-0.15, -0.1) is 0 Å². The SMILES string of the molecule is CC(C)(C)[Si](C)(C)OC1(c2ccccc2)CC1(F)F. The second kappa shape index (κ2) is 4.12. The van der Waals surface area contributed by atoms with Crippen molar-refractivity contribution in [3.8, 4) is 0 Å². The minimum Gasteiger partial charge on any atom is -0.402 e. The summed E-state index contributed by atoms with van der Waals surface area (Å²) >= 11 is 0. The molecular formula is C15H22F2OSi. The molecule has 0 aliphatic heterocycles. The Morgan fingerprint density at radius 2 is 1.58 bits per heavy atom. The van der Waals surface area contributed by atoms with Crippen molar-refractivity contribution in [1.82, 2.24) is 0 Å². The summed E-state index contributed by atoms with van der Waals surface area (Å²) in [5.41, 5.74) is -0.790. The second-order valence-corrected chi connectivity index (χ2v) is 11.7. The Hall–Kier alpha value is -0.743. The minimum absolute atomic E-state index is 0.0759. The van der Waals surface area contributed by atoms with Crippen LogP contribution in [-0.2, 0) is 10.0 Å². The van der Waals surface area contributed by atoms with Crippen LogP contribution in [0.15, 0.2) is 30.3 Å². The Balaban J connectivity index is 2.35. The third kappa shape index (κ3) is 2.36. The minimum atomic E-state index is -2.75. The summed E-state index contributed by atoms with van der Waals surface area (Å²) < 4.78 is 34.0. The maximum atomic E-state index is 14.0. The average Bonchev–Trinajstić information content (AvgIpc) is 2.80. The maximum Gasteiger partial charge on any atom is 0.283 e. The number of halogens is 2. The van der Waals surface area contributed by atoms with Crippen molar-refractivity contribution in [3.05, 3.63) is 35.9 Å². The van der Waals surface area contributed by atoms with Crippen LogP contribution < -0.4 is 0 Å². The van der Waals surface area contributed by atoms with Crippen LogP contribution in [0.25, 0.3) is 0 Å². The lowest BCUT2D eigenvalue weighted by molar-refractivity contribution is 0.000422. The van der Waals surface area contributed by atoms with Crippen molar-refractivity contribution < 1.29 is 13.2 Å². The number of benzene rings is 1. The summed E-state index contributed by atoms with van der Waals surface area (Å²) in [7, 11) is -2.23. The largest absolute Gasteiger partial charge is 0.402 e. The quantitative estimate of drug-likeness (QED) is 0.714. The molecule has 0 aromatic heterocycles. The fourth-order valence-electron chi connectivity index (χ4n) is 2.05. The molecule has 1 fully saturated rings. The van der Waals surface area contributed by atoms with Crippen LogP contribution in [0.3, 0.4) is 0 Å². The summed E-state index contributed by atoms with van der Waals surface area (Å²) in [6.07, 6.45) is -0.198. The molecule has 1 aliphatic carbocycles. The third-order valence-electron chi connectivity index (χ3n) is 4.41. The van der Waals surface area contributed by atoms with Crippen LogP contribution in [0.5, 0.6) is 0 Å². The number of hydrogen-bond acceptors (Lipinski definition) is 1. The number of hydrogen-bond donors (Lipinski definition) is 0. The van der Waals surface area contributed by atoms with Crippen LogP contribution in [0.1, 0.15) is 32.8 Å². The predicted octanol–water partition coefficient (Wildman–Crippen LogP) is 4.94. The van der Waals surface area contributed by atoms with E-state index in [-0.39, 0.29) is 11.5 Å². The summed E-state index contributed by atoms with van der Waals surface area (Å²) in [5, 5.41) is -0.0759. The summed E-state index contributed by atoms with van der Waals surface area (Å²) in [6, 6.07) is 8.91. The van der Waals surface area contributed by atoms with Gasteiger partial charge < -0.3 is 4.43 Å². The molecule has 0 N–H and O–H groups in total. The zero-order valence-electron chi connectivity index (χ0n) is 12.3. The molecule has 1 unspecified atom stereocenters. The first kappa shape index (κ1) is 14.7. The van der Waals surface area contributed by atoms with Crippen molar-refractivity contribution in [2.75, 3.05) is 0 Å². The standard InChI is InChI=1S/C15H22F2OSi/c1-13(2,3)19(4,5)18-14(11-15(14,16)17)12-9-7-6-8-10-12/h6-10H,11H2,1-5H3. The van der Waals surface area contributed by atoms with Crippen molar-refractivity contribution in [2.24, 2.45) is 0 Å². The highest BCUT2D eigenvalue weighted by molar-refractivity contribution is 6.74. The second-order valence-electron chi connectivity index (χ2n) is 6.94. The molecule has 1 saturated carbocycles. The fraction of sp³-hybridized carbons (Fsp3) is 0.600. The highest BCUT2D eigenvalue weighted by atomic mass is 28.4. The van der Waals surface area contributed by atoms with E-state index in [0.717, 1.165) is 0 Å². The number of alkyl halides is 2. The first-order valence-corrected chi connectivity index (χ1v) is 9.56. The topological polar surface area (TPSA) is 9.23 Å². The molecule has 0 saturated heterocycles. The Bertz CT molecular complexity index is 465. The molecule has 2 rings (SSSR count). The molecule has 1 aliphatic rings. The zero-order valence-corrected chi connectivity index (χ0v) is 13.3. The van der Waals surface area contributed by atoms with Gasteiger partial charge in [0.25, 0.3) is 5.92 Å². The highest BCUT2D eigenvalue weighted by Crippen LogP contribution is 2.64. The monoisotopic (exact) mass is 284 g/mol. The van der Waals surface area contributed by atoms with Gasteiger partial charge in [-0.05, 0) is 23.7 Å². The zero-order chi connectivity index (χ0) is 14.5. The van der Waals surface area contributed by atoms with Crippen molar-refractivity contribution >= 4 is 8.32 Å². The molecule has 0 bridgehead atoms. The Morgan fingerprint density at radius 1 is 1.11 bits per heavy atom. The van der Waals surface area contributed by atoms with Crippen LogP contribution >= 0.6 is 0 Å². The molecule has 1 atom stereocenters. The predicted molar refractivity (Wildman–Crippen MR) is 76.0 cm³/mol. The van der Waals surface area contributed by atoms with Crippen molar-refractivity contribution in [3.63, 3.8) is 0 Å². The van der Waals surface area contributed by atoms with Gasteiger partial charge in [0.1, 0.15) is 0 Å². The van der Waals surface area contributed by atoms with Crippen molar-refractivity contribution in [2.45, 2.75) is 56.8 Å². The summed E-state index contributed by atoms with van der Waals surface area (Å²) in [5.74, 6) is -2.75. The molecular weight excluding hydrogens is 262 g/mol. The van der Waals surface area contributed by atoms with E-state index < -0.39 is 19.8 Å². The van der Waals surface area contributed by atoms with Crippen LogP contribution in [0, 0.1) is 0 Å². The van der Waals surface area contributed by atoms with Crippen LogP contribution in [0.4, 0.5) is 8.78 Å². The smallest absolute Gasteiger partial charge is 0.283 e. The molecule has 1 nitrogen and oxygen atoms in total. The van der Waals surface area contributed by atoms with Gasteiger partial charge in [0, 0.05) is 0 Å². The lowest BCUT2D eigenvalue weighted by atomic mass is 10.1. The summed E-state index contributed by atoms with van der Waals surface area (Å²) in [6.45, 7) is 10.2. The third-order valence-corrected chi connectivity index (χ3v) is 8.88. The first-order chi connectivity index (χ1) is 8.52. The fourth-order valence-corrected chi connectivity index (χ4v) is 3.56. The Kier molecular flexibility index (Phi) is 3.18. The van der Waals surface area contributed by atoms with Gasteiger partial charge in [0.2, 0.25) is 0 Å². The molecule has 19 heavy (non-hydrogen) atoms. The van der Waals surface area contributed by atoms with Crippen LogP contribution in [-0.4, -0.2) is 14.2 Å². The van der Waals surface area contributed by atoms with Gasteiger partial charge in [0.15, 0.2) is 13.9 Å². The van der Waals surface area contributed by atoms with Gasteiger partial charge in [-0.2, -0.15) is 0 Å². The van der Waals surface area contributed by atoms with E-state index in [9.17, 15) is 8.78 Å². The van der Waals surface area contributed by atoms with E-state index in [1.54, 1.807) is 24.3 Å². The molecule has 1 aromatic carbocycles. The normalized spacial score (nSPS) is 26.3. The first-order valence-electron chi connectivity index (χ1n) is 6.65. The van der Waals surface area contributed by atoms with Crippen LogP contribution in [0.2, 0.25) is 18.1 Å². The highest BCUT2D eigenvalue weighted by Gasteiger charge is 2.75. The molecule has 106 valence electrons. The Morgan fingerprint density at radius 3 is 1.95 bits per heavy atom. The van der Waals surface area contributed by atoms with Gasteiger partial charge in [-0.1, -0.05) is 51.1 Å². The maximum absolute atomic E-state index is 14.0. The Labute approximate surface area is 115 Å². The summed E-state index contributed by atoms with van der Waals surface area (Å²) in [4.78, 5) is 0. The lowest BCUT2D eigenvalue weighted by Gasteiger charge is -2.39. The van der Waals surface area contributed by atoms with E-state index in [1.807, 2.05) is 19.2 Å². The number of rotatable bonds is 3. The van der Waals surface area contributed by atoms with E-state index in [2.05, 4.69) is 20.8 Å². The molecule has 0 radical (unpaired) electrons. The molecule has 1 aromatic rings.